The van der Waals surface area contributed by atoms with Crippen LogP contribution in [0.3, 0.4) is 0 Å². The molecular formula is C19H28N2O3. The summed E-state index contributed by atoms with van der Waals surface area (Å²) in [7, 11) is 0. The lowest BCUT2D eigenvalue weighted by molar-refractivity contribution is -0.129. The second kappa shape index (κ2) is 6.52. The lowest BCUT2D eigenvalue weighted by Crippen LogP contribution is -2.44. The van der Waals surface area contributed by atoms with Crippen LogP contribution in [-0.4, -0.2) is 43.7 Å². The number of aryl methyl sites for hydroxylation is 1. The second-order valence-corrected chi connectivity index (χ2v) is 7.90. The Morgan fingerprint density at radius 2 is 2.12 bits per heavy atom. The minimum Gasteiger partial charge on any atom is -0.465 e. The summed E-state index contributed by atoms with van der Waals surface area (Å²) < 4.78 is 11.3. The number of carbonyl (C=O) groups is 1. The molecule has 1 saturated carbocycles. The quantitative estimate of drug-likeness (QED) is 0.899. The van der Waals surface area contributed by atoms with E-state index in [-0.39, 0.29) is 17.2 Å². The standard InChI is InChI=1S/C19H28N2O3/c1-14-2-5-16(24-14)11-21-12-17(18(22)20-10-15-3-4-15)19(13-21)6-8-23-9-7-19/h2,5,15,17H,3-4,6-13H2,1H3,(H,20,22)/t17-/m1/s1. The maximum Gasteiger partial charge on any atom is 0.225 e. The fourth-order valence-electron chi connectivity index (χ4n) is 4.32. The van der Waals surface area contributed by atoms with Gasteiger partial charge in [-0.25, -0.2) is 0 Å². The fourth-order valence-corrected chi connectivity index (χ4v) is 4.32. The predicted octanol–water partition coefficient (Wildman–Crippen LogP) is 2.34. The number of hydrogen-bond donors (Lipinski definition) is 1. The third-order valence-electron chi connectivity index (χ3n) is 5.96. The van der Waals surface area contributed by atoms with Gasteiger partial charge in [0.2, 0.25) is 5.91 Å². The number of nitrogens with one attached hydrogen (secondary N) is 1. The Balaban J connectivity index is 1.45. The Kier molecular flexibility index (Phi) is 4.39. The number of nitrogens with zero attached hydrogens (tertiary/aromatic N) is 1. The monoisotopic (exact) mass is 332 g/mol. The summed E-state index contributed by atoms with van der Waals surface area (Å²) in [4.78, 5) is 15.2. The van der Waals surface area contributed by atoms with Crippen LogP contribution < -0.4 is 5.32 Å². The zero-order chi connectivity index (χ0) is 16.6. The first-order chi connectivity index (χ1) is 11.6. The van der Waals surface area contributed by atoms with Gasteiger partial charge in [-0.05, 0) is 50.7 Å². The third kappa shape index (κ3) is 3.38. The molecule has 0 bridgehead atoms. The fraction of sp³-hybridized carbons (Fsp3) is 0.737. The molecule has 1 N–H and O–H groups in total. The Labute approximate surface area is 143 Å². The molecule has 3 aliphatic rings. The Bertz CT molecular complexity index is 587. The first kappa shape index (κ1) is 16.2. The topological polar surface area (TPSA) is 54.7 Å². The minimum atomic E-state index is 0.0769. The van der Waals surface area contributed by atoms with Gasteiger partial charge in [0, 0.05) is 38.3 Å². The second-order valence-electron chi connectivity index (χ2n) is 7.90. The number of rotatable bonds is 5. The number of hydrogen-bond acceptors (Lipinski definition) is 4. The van der Waals surface area contributed by atoms with Gasteiger partial charge in [-0.2, -0.15) is 0 Å². The van der Waals surface area contributed by atoms with Gasteiger partial charge in [0.1, 0.15) is 11.5 Å². The highest BCUT2D eigenvalue weighted by molar-refractivity contribution is 5.80. The Morgan fingerprint density at radius 3 is 2.79 bits per heavy atom. The van der Waals surface area contributed by atoms with Crippen molar-refractivity contribution in [3.8, 4) is 0 Å². The van der Waals surface area contributed by atoms with Crippen LogP contribution in [0.25, 0.3) is 0 Å². The van der Waals surface area contributed by atoms with Gasteiger partial charge in [0.05, 0.1) is 12.5 Å². The molecule has 3 fully saturated rings. The summed E-state index contributed by atoms with van der Waals surface area (Å²) in [5.74, 6) is 3.00. The zero-order valence-corrected chi connectivity index (χ0v) is 14.6. The normalized spacial score (nSPS) is 26.8. The zero-order valence-electron chi connectivity index (χ0n) is 14.6. The molecule has 2 aliphatic heterocycles. The number of likely N-dealkylation sites (tertiary alicyclic amines) is 1. The van der Waals surface area contributed by atoms with E-state index in [0.29, 0.717) is 0 Å². The lowest BCUT2D eigenvalue weighted by Gasteiger charge is -2.37. The van der Waals surface area contributed by atoms with Crippen LogP contribution in [0.4, 0.5) is 0 Å². The molecule has 0 aromatic carbocycles. The highest BCUT2D eigenvalue weighted by atomic mass is 16.5. The molecule has 5 heteroatoms. The van der Waals surface area contributed by atoms with Gasteiger partial charge in [-0.15, -0.1) is 0 Å². The van der Waals surface area contributed by atoms with Crippen molar-refractivity contribution >= 4 is 5.91 Å². The molecule has 1 aromatic rings. The summed E-state index contributed by atoms with van der Waals surface area (Å²) in [6.45, 7) is 6.98. The highest BCUT2D eigenvalue weighted by Crippen LogP contribution is 2.45. The van der Waals surface area contributed by atoms with Crippen molar-refractivity contribution in [3.05, 3.63) is 23.7 Å². The van der Waals surface area contributed by atoms with E-state index in [2.05, 4.69) is 10.2 Å². The van der Waals surface area contributed by atoms with Gasteiger partial charge >= 0.3 is 0 Å². The molecule has 1 spiro atoms. The van der Waals surface area contributed by atoms with Gasteiger partial charge in [-0.1, -0.05) is 0 Å². The van der Waals surface area contributed by atoms with E-state index in [1.165, 1.54) is 12.8 Å². The summed E-state index contributed by atoms with van der Waals surface area (Å²) in [6.07, 6.45) is 4.52. The van der Waals surface area contributed by atoms with Crippen molar-refractivity contribution in [2.24, 2.45) is 17.3 Å². The number of carbonyl (C=O) groups excluding carboxylic acids is 1. The average molecular weight is 332 g/mol. The lowest BCUT2D eigenvalue weighted by atomic mass is 9.71. The third-order valence-corrected chi connectivity index (χ3v) is 5.96. The molecule has 3 heterocycles. The molecule has 0 unspecified atom stereocenters. The molecule has 1 aliphatic carbocycles. The number of furan rings is 1. The van der Waals surface area contributed by atoms with E-state index in [0.717, 1.165) is 69.7 Å². The van der Waals surface area contributed by atoms with Gasteiger partial charge in [-0.3, -0.25) is 9.69 Å². The molecule has 1 atom stereocenters. The van der Waals surface area contributed by atoms with E-state index >= 15 is 0 Å². The largest absolute Gasteiger partial charge is 0.465 e. The minimum absolute atomic E-state index is 0.0769. The van der Waals surface area contributed by atoms with Gasteiger partial charge in [0.15, 0.2) is 0 Å². The maximum absolute atomic E-state index is 12.9. The number of ether oxygens (including phenoxy) is 1. The van der Waals surface area contributed by atoms with Crippen molar-refractivity contribution in [1.29, 1.82) is 0 Å². The van der Waals surface area contributed by atoms with E-state index < -0.39 is 0 Å². The predicted molar refractivity (Wildman–Crippen MR) is 90.4 cm³/mol. The summed E-state index contributed by atoms with van der Waals surface area (Å²) in [5, 5.41) is 3.22. The van der Waals surface area contributed by atoms with Crippen LogP contribution in [0.5, 0.6) is 0 Å². The molecule has 1 amide bonds. The van der Waals surface area contributed by atoms with Gasteiger partial charge < -0.3 is 14.5 Å². The molecular weight excluding hydrogens is 304 g/mol. The first-order valence-electron chi connectivity index (χ1n) is 9.28. The molecule has 24 heavy (non-hydrogen) atoms. The van der Waals surface area contributed by atoms with E-state index in [4.69, 9.17) is 9.15 Å². The SMILES string of the molecule is Cc1ccc(CN2C[C@H](C(=O)NCC3CC3)C3(CCOCC3)C2)o1. The summed E-state index contributed by atoms with van der Waals surface area (Å²) >= 11 is 0. The summed E-state index contributed by atoms with van der Waals surface area (Å²) in [5.41, 5.74) is 0.0769. The number of amides is 1. The molecule has 132 valence electrons. The van der Waals surface area contributed by atoms with Crippen molar-refractivity contribution in [2.45, 2.75) is 39.2 Å². The molecule has 4 rings (SSSR count). The van der Waals surface area contributed by atoms with Crippen molar-refractivity contribution in [1.82, 2.24) is 10.2 Å². The van der Waals surface area contributed by atoms with Crippen LogP contribution in [-0.2, 0) is 16.1 Å². The molecule has 1 aromatic heterocycles. The van der Waals surface area contributed by atoms with Crippen LogP contribution in [0.2, 0.25) is 0 Å². The molecule has 5 nitrogen and oxygen atoms in total. The summed E-state index contributed by atoms with van der Waals surface area (Å²) in [6, 6.07) is 4.06. The van der Waals surface area contributed by atoms with E-state index in [1.807, 2.05) is 19.1 Å². The van der Waals surface area contributed by atoms with Crippen LogP contribution in [0.15, 0.2) is 16.5 Å². The highest BCUT2D eigenvalue weighted by Gasteiger charge is 2.50. The Hall–Kier alpha value is -1.33. The molecule has 0 radical (unpaired) electrons. The van der Waals surface area contributed by atoms with Crippen molar-refractivity contribution in [3.63, 3.8) is 0 Å². The van der Waals surface area contributed by atoms with E-state index in [9.17, 15) is 4.79 Å². The van der Waals surface area contributed by atoms with Crippen molar-refractivity contribution < 1.29 is 13.9 Å². The van der Waals surface area contributed by atoms with E-state index in [1.54, 1.807) is 0 Å². The van der Waals surface area contributed by atoms with Crippen LogP contribution in [0.1, 0.15) is 37.2 Å². The Morgan fingerprint density at radius 1 is 1.33 bits per heavy atom. The van der Waals surface area contributed by atoms with Crippen molar-refractivity contribution in [2.75, 3.05) is 32.8 Å². The van der Waals surface area contributed by atoms with Crippen LogP contribution in [0, 0.1) is 24.2 Å². The average Bonchev–Trinajstić information content (AvgIpc) is 3.23. The van der Waals surface area contributed by atoms with Gasteiger partial charge in [0.25, 0.3) is 0 Å². The van der Waals surface area contributed by atoms with Crippen LogP contribution >= 0.6 is 0 Å². The maximum atomic E-state index is 12.9. The smallest absolute Gasteiger partial charge is 0.225 e. The first-order valence-corrected chi connectivity index (χ1v) is 9.28. The molecule has 2 saturated heterocycles.